The number of aromatic nitrogens is 3. The number of thioether (sulfide) groups is 1. The molecule has 1 heterocycles. The van der Waals surface area contributed by atoms with E-state index >= 15 is 0 Å². The third-order valence-corrected chi connectivity index (χ3v) is 6.16. The molecule has 12 heteroatoms. The fourth-order valence-corrected chi connectivity index (χ4v) is 4.11. The lowest BCUT2D eigenvalue weighted by molar-refractivity contribution is -0.113. The van der Waals surface area contributed by atoms with Gasteiger partial charge in [0, 0.05) is 16.6 Å². The van der Waals surface area contributed by atoms with Gasteiger partial charge in [0.1, 0.15) is 5.82 Å². The number of ether oxygens (including phenoxy) is 2. The van der Waals surface area contributed by atoms with Crippen molar-refractivity contribution in [3.63, 3.8) is 0 Å². The summed E-state index contributed by atoms with van der Waals surface area (Å²) in [6, 6.07) is 9.23. The monoisotopic (exact) mass is 563 g/mol. The lowest BCUT2D eigenvalue weighted by atomic mass is 10.2. The molecule has 2 amide bonds. The Morgan fingerprint density at radius 3 is 2.63 bits per heavy atom. The predicted octanol–water partition coefficient (Wildman–Crippen LogP) is 4.04. The highest BCUT2D eigenvalue weighted by atomic mass is 79.9. The van der Waals surface area contributed by atoms with Crippen LogP contribution in [0.15, 0.2) is 58.7 Å². The predicted molar refractivity (Wildman–Crippen MR) is 134 cm³/mol. The van der Waals surface area contributed by atoms with Gasteiger partial charge in [0.15, 0.2) is 22.5 Å². The zero-order valence-electron chi connectivity index (χ0n) is 19.0. The molecule has 0 aliphatic rings. The van der Waals surface area contributed by atoms with Crippen LogP contribution in [0.4, 0.5) is 10.1 Å². The van der Waals surface area contributed by atoms with Crippen molar-refractivity contribution in [3.05, 3.63) is 70.7 Å². The number of methoxy groups -OCH3 is 2. The number of amides is 2. The van der Waals surface area contributed by atoms with Gasteiger partial charge >= 0.3 is 0 Å². The molecule has 9 nitrogen and oxygen atoms in total. The van der Waals surface area contributed by atoms with Gasteiger partial charge in [-0.3, -0.25) is 9.59 Å². The molecular weight excluding hydrogens is 541 g/mol. The van der Waals surface area contributed by atoms with Crippen molar-refractivity contribution in [2.75, 3.05) is 25.3 Å². The average molecular weight is 564 g/mol. The molecule has 35 heavy (non-hydrogen) atoms. The van der Waals surface area contributed by atoms with Crippen molar-refractivity contribution >= 4 is 45.2 Å². The summed E-state index contributed by atoms with van der Waals surface area (Å²) in [6.45, 7) is 4.22. The lowest BCUT2D eigenvalue weighted by Gasteiger charge is -2.11. The van der Waals surface area contributed by atoms with Crippen LogP contribution in [0.1, 0.15) is 16.2 Å². The standard InChI is InChI=1S/C23H23BrFN5O4S/c1-4-9-30-20(12-26-22(32)14-5-8-18(33-2)19(10-14)34-3)28-29-23(30)35-13-21(31)27-17-7-6-15(24)11-16(17)25/h4-8,10-11H,1,9,12-13H2,2-3H3,(H,26,32)(H,27,31). The number of allylic oxidation sites excluding steroid dienone is 1. The Balaban J connectivity index is 1.63. The first-order valence-electron chi connectivity index (χ1n) is 10.3. The topological polar surface area (TPSA) is 107 Å². The number of hydrogen-bond donors (Lipinski definition) is 2. The first kappa shape index (κ1) is 26.2. The second kappa shape index (κ2) is 12.4. The van der Waals surface area contributed by atoms with Crippen LogP contribution in [0.3, 0.4) is 0 Å². The number of nitrogens with one attached hydrogen (secondary N) is 2. The summed E-state index contributed by atoms with van der Waals surface area (Å²) in [5, 5.41) is 14.1. The Bertz CT molecular complexity index is 1240. The molecule has 0 aliphatic heterocycles. The van der Waals surface area contributed by atoms with Gasteiger partial charge < -0.3 is 24.7 Å². The molecule has 0 saturated heterocycles. The minimum absolute atomic E-state index is 0.0111. The smallest absolute Gasteiger partial charge is 0.251 e. The van der Waals surface area contributed by atoms with Crippen LogP contribution in [0.2, 0.25) is 0 Å². The normalized spacial score (nSPS) is 10.5. The highest BCUT2D eigenvalue weighted by Crippen LogP contribution is 2.27. The van der Waals surface area contributed by atoms with E-state index in [0.717, 1.165) is 11.8 Å². The van der Waals surface area contributed by atoms with Crippen molar-refractivity contribution in [2.45, 2.75) is 18.2 Å². The Morgan fingerprint density at radius 1 is 1.17 bits per heavy atom. The minimum Gasteiger partial charge on any atom is -0.493 e. The first-order valence-corrected chi connectivity index (χ1v) is 12.0. The summed E-state index contributed by atoms with van der Waals surface area (Å²) < 4.78 is 26.7. The number of anilines is 1. The van der Waals surface area contributed by atoms with E-state index in [2.05, 4.69) is 43.3 Å². The third-order valence-electron chi connectivity index (χ3n) is 4.70. The fraction of sp³-hybridized carbons (Fsp3) is 0.217. The fourth-order valence-electron chi connectivity index (χ4n) is 3.02. The summed E-state index contributed by atoms with van der Waals surface area (Å²) in [5.74, 6) is 0.166. The highest BCUT2D eigenvalue weighted by Gasteiger charge is 2.16. The van der Waals surface area contributed by atoms with Gasteiger partial charge in [-0.25, -0.2) is 4.39 Å². The number of rotatable bonds is 11. The van der Waals surface area contributed by atoms with Gasteiger partial charge in [0.05, 0.1) is 32.2 Å². The summed E-state index contributed by atoms with van der Waals surface area (Å²) in [4.78, 5) is 24.9. The Kier molecular flexibility index (Phi) is 9.26. The quantitative estimate of drug-likeness (QED) is 0.268. The zero-order chi connectivity index (χ0) is 25.4. The van der Waals surface area contributed by atoms with E-state index in [1.165, 1.54) is 26.4 Å². The Hall–Kier alpha value is -3.38. The van der Waals surface area contributed by atoms with Crippen LogP contribution in [0.5, 0.6) is 11.5 Å². The minimum atomic E-state index is -0.542. The second-order valence-electron chi connectivity index (χ2n) is 7.01. The van der Waals surface area contributed by atoms with Crippen LogP contribution in [-0.4, -0.2) is 46.6 Å². The molecule has 0 radical (unpaired) electrons. The van der Waals surface area contributed by atoms with Gasteiger partial charge in [-0.2, -0.15) is 0 Å². The molecule has 0 aliphatic carbocycles. The van der Waals surface area contributed by atoms with Gasteiger partial charge in [0.2, 0.25) is 5.91 Å². The molecule has 1 aromatic heterocycles. The average Bonchev–Trinajstić information content (AvgIpc) is 3.24. The van der Waals surface area contributed by atoms with E-state index in [9.17, 15) is 14.0 Å². The van der Waals surface area contributed by atoms with Gasteiger partial charge in [-0.05, 0) is 36.4 Å². The summed E-state index contributed by atoms with van der Waals surface area (Å²) in [5.41, 5.74) is 0.480. The van der Waals surface area contributed by atoms with E-state index in [1.54, 1.807) is 34.9 Å². The SMILES string of the molecule is C=CCn1c(CNC(=O)c2ccc(OC)c(OC)c2)nnc1SCC(=O)Nc1ccc(Br)cc1F. The Labute approximate surface area is 214 Å². The largest absolute Gasteiger partial charge is 0.493 e. The first-order chi connectivity index (χ1) is 16.9. The molecular formula is C23H23BrFN5O4S. The number of carbonyl (C=O) groups excluding carboxylic acids is 2. The summed E-state index contributed by atoms with van der Waals surface area (Å²) >= 11 is 4.31. The highest BCUT2D eigenvalue weighted by molar-refractivity contribution is 9.10. The molecule has 2 N–H and O–H groups in total. The van der Waals surface area contributed by atoms with E-state index in [4.69, 9.17) is 9.47 Å². The molecule has 0 spiro atoms. The lowest BCUT2D eigenvalue weighted by Crippen LogP contribution is -2.25. The second-order valence-corrected chi connectivity index (χ2v) is 8.87. The van der Waals surface area contributed by atoms with Crippen molar-refractivity contribution < 1.29 is 23.5 Å². The van der Waals surface area contributed by atoms with Crippen LogP contribution in [0.25, 0.3) is 0 Å². The van der Waals surface area contributed by atoms with Crippen molar-refractivity contribution in [1.82, 2.24) is 20.1 Å². The maximum absolute atomic E-state index is 14.0. The summed E-state index contributed by atoms with van der Waals surface area (Å²) in [7, 11) is 3.01. The van der Waals surface area contributed by atoms with Crippen LogP contribution < -0.4 is 20.1 Å². The maximum Gasteiger partial charge on any atom is 0.251 e. The van der Waals surface area contributed by atoms with Gasteiger partial charge in [-0.1, -0.05) is 33.8 Å². The summed E-state index contributed by atoms with van der Waals surface area (Å²) in [6.07, 6.45) is 1.66. The number of nitrogens with zero attached hydrogens (tertiary/aromatic N) is 3. The van der Waals surface area contributed by atoms with E-state index in [0.29, 0.717) is 39.1 Å². The number of hydrogen-bond acceptors (Lipinski definition) is 7. The molecule has 2 aromatic carbocycles. The molecule has 184 valence electrons. The van der Waals surface area contributed by atoms with Crippen LogP contribution in [-0.2, 0) is 17.9 Å². The number of benzene rings is 2. The van der Waals surface area contributed by atoms with E-state index in [-0.39, 0.29) is 23.9 Å². The van der Waals surface area contributed by atoms with Crippen molar-refractivity contribution in [2.24, 2.45) is 0 Å². The number of halogens is 2. The number of carbonyl (C=O) groups is 2. The molecule has 0 fully saturated rings. The Morgan fingerprint density at radius 2 is 1.94 bits per heavy atom. The molecule has 0 saturated carbocycles. The maximum atomic E-state index is 14.0. The molecule has 3 aromatic rings. The van der Waals surface area contributed by atoms with Crippen LogP contribution in [0, 0.1) is 5.82 Å². The van der Waals surface area contributed by atoms with E-state index < -0.39 is 11.7 Å². The van der Waals surface area contributed by atoms with Gasteiger partial charge in [-0.15, -0.1) is 16.8 Å². The molecule has 0 unspecified atom stereocenters. The molecule has 0 bridgehead atoms. The van der Waals surface area contributed by atoms with Crippen LogP contribution >= 0.6 is 27.7 Å². The van der Waals surface area contributed by atoms with E-state index in [1.807, 2.05) is 0 Å². The van der Waals surface area contributed by atoms with Crippen molar-refractivity contribution in [1.29, 1.82) is 0 Å². The molecule has 3 rings (SSSR count). The molecule has 0 atom stereocenters. The van der Waals surface area contributed by atoms with Gasteiger partial charge in [0.25, 0.3) is 5.91 Å². The van der Waals surface area contributed by atoms with Crippen molar-refractivity contribution in [3.8, 4) is 11.5 Å². The third kappa shape index (κ3) is 6.83. The zero-order valence-corrected chi connectivity index (χ0v) is 21.4.